The first-order valence-corrected chi connectivity index (χ1v) is 9.35. The van der Waals surface area contributed by atoms with Crippen LogP contribution in [0.3, 0.4) is 0 Å². The largest absolute Gasteiger partial charge is 0.573 e. The second kappa shape index (κ2) is 9.36. The summed E-state index contributed by atoms with van der Waals surface area (Å²) in [6.07, 6.45) is -4.84. The highest BCUT2D eigenvalue weighted by Gasteiger charge is 2.31. The van der Waals surface area contributed by atoms with Crippen molar-refractivity contribution in [3.8, 4) is 17.0 Å². The second-order valence-electron chi connectivity index (χ2n) is 6.51. The van der Waals surface area contributed by atoms with Crippen molar-refractivity contribution in [1.29, 1.82) is 0 Å². The number of benzene rings is 2. The first-order chi connectivity index (χ1) is 14.6. The van der Waals surface area contributed by atoms with Gasteiger partial charge in [-0.25, -0.2) is 9.37 Å². The lowest BCUT2D eigenvalue weighted by Crippen LogP contribution is -2.21. The van der Waals surface area contributed by atoms with Crippen molar-refractivity contribution in [1.82, 2.24) is 9.97 Å². The maximum Gasteiger partial charge on any atom is 0.573 e. The Bertz CT molecular complexity index is 1070. The summed E-state index contributed by atoms with van der Waals surface area (Å²) in [4.78, 5) is 8.51. The number of aromatic nitrogens is 2. The number of rotatable bonds is 7. The Kier molecular flexibility index (Phi) is 6.81. The van der Waals surface area contributed by atoms with E-state index in [0.717, 1.165) is 6.07 Å². The minimum Gasteiger partial charge on any atom is -0.406 e. The molecule has 3 aromatic rings. The molecule has 0 spiro atoms. The Balaban J connectivity index is 2.01. The molecule has 1 aromatic heterocycles. The number of nitrogens with one attached hydrogen (secondary N) is 2. The van der Waals surface area contributed by atoms with Gasteiger partial charge in [-0.15, -0.1) is 13.2 Å². The summed E-state index contributed by atoms with van der Waals surface area (Å²) in [5, 5.41) is 15.2. The molecule has 0 aliphatic rings. The van der Waals surface area contributed by atoms with Crippen LogP contribution in [0.25, 0.3) is 11.3 Å². The first-order valence-electron chi connectivity index (χ1n) is 8.97. The zero-order valence-corrected chi connectivity index (χ0v) is 16.8. The molecule has 1 heterocycles. The third kappa shape index (κ3) is 6.43. The maximum absolute atomic E-state index is 14.1. The maximum atomic E-state index is 14.1. The van der Waals surface area contributed by atoms with E-state index in [0.29, 0.717) is 10.6 Å². The Morgan fingerprint density at radius 1 is 1.13 bits per heavy atom. The average molecular weight is 457 g/mol. The quantitative estimate of drug-likeness (QED) is 0.415. The van der Waals surface area contributed by atoms with Crippen LogP contribution in [-0.4, -0.2) is 34.1 Å². The van der Waals surface area contributed by atoms with Gasteiger partial charge in [-0.1, -0.05) is 23.7 Å². The van der Waals surface area contributed by atoms with E-state index in [1.807, 2.05) is 0 Å². The van der Waals surface area contributed by atoms with Gasteiger partial charge < -0.3 is 20.5 Å². The molecule has 0 aliphatic heterocycles. The molecule has 0 unspecified atom stereocenters. The van der Waals surface area contributed by atoms with Crippen LogP contribution in [-0.2, 0) is 0 Å². The van der Waals surface area contributed by atoms with E-state index in [2.05, 4.69) is 25.3 Å². The number of halogens is 5. The number of aliphatic hydroxyl groups is 1. The molecule has 3 N–H and O–H groups in total. The molecule has 0 bridgehead atoms. The Labute approximate surface area is 179 Å². The van der Waals surface area contributed by atoms with E-state index >= 15 is 0 Å². The lowest BCUT2D eigenvalue weighted by Gasteiger charge is -2.15. The lowest BCUT2D eigenvalue weighted by molar-refractivity contribution is -0.274. The highest BCUT2D eigenvalue weighted by molar-refractivity contribution is 6.30. The fourth-order valence-electron chi connectivity index (χ4n) is 2.57. The van der Waals surface area contributed by atoms with Gasteiger partial charge >= 0.3 is 6.36 Å². The standard InChI is InChI=1S/C20H17ClF4N4O2/c1-11(10-30)26-19-28-16(12-3-2-4-14(7-12)31-20(23,24)25)9-18(29-19)27-17-8-13(21)5-6-15(17)22/h2-9,11,30H,10H2,1H3,(H2,26,27,28,29)/t11-/m0/s1. The molecule has 6 nitrogen and oxygen atoms in total. The van der Waals surface area contributed by atoms with Gasteiger partial charge in [0.15, 0.2) is 0 Å². The molecule has 1 atom stereocenters. The van der Waals surface area contributed by atoms with E-state index in [9.17, 15) is 22.7 Å². The van der Waals surface area contributed by atoms with Crippen LogP contribution in [0.15, 0.2) is 48.5 Å². The van der Waals surface area contributed by atoms with Gasteiger partial charge in [0.25, 0.3) is 0 Å². The van der Waals surface area contributed by atoms with Gasteiger partial charge in [0.2, 0.25) is 5.95 Å². The summed E-state index contributed by atoms with van der Waals surface area (Å²) in [6.45, 7) is 1.46. The third-order valence-corrected chi connectivity index (χ3v) is 4.17. The second-order valence-corrected chi connectivity index (χ2v) is 6.95. The van der Waals surface area contributed by atoms with Crippen LogP contribution in [0.1, 0.15) is 6.92 Å². The molecule has 3 rings (SSSR count). The number of hydrogen-bond donors (Lipinski definition) is 3. The van der Waals surface area contributed by atoms with Crippen LogP contribution in [0.2, 0.25) is 5.02 Å². The van der Waals surface area contributed by atoms with Crippen molar-refractivity contribution in [2.45, 2.75) is 19.3 Å². The van der Waals surface area contributed by atoms with Crippen LogP contribution in [0.4, 0.5) is 35.0 Å². The topological polar surface area (TPSA) is 79.3 Å². The lowest BCUT2D eigenvalue weighted by atomic mass is 10.1. The van der Waals surface area contributed by atoms with Crippen LogP contribution >= 0.6 is 11.6 Å². The average Bonchev–Trinajstić information content (AvgIpc) is 2.69. The molecule has 31 heavy (non-hydrogen) atoms. The van der Waals surface area contributed by atoms with Gasteiger partial charge in [0.1, 0.15) is 17.4 Å². The molecule has 11 heteroatoms. The Morgan fingerprint density at radius 2 is 1.90 bits per heavy atom. The predicted octanol–water partition coefficient (Wildman–Crippen LogP) is 5.37. The summed E-state index contributed by atoms with van der Waals surface area (Å²) in [5.74, 6) is -0.771. The zero-order chi connectivity index (χ0) is 22.6. The van der Waals surface area contributed by atoms with Crippen molar-refractivity contribution < 1.29 is 27.4 Å². The fourth-order valence-corrected chi connectivity index (χ4v) is 2.75. The first kappa shape index (κ1) is 22.6. The monoisotopic (exact) mass is 456 g/mol. The molecule has 0 saturated carbocycles. The van der Waals surface area contributed by atoms with Crippen molar-refractivity contribution in [2.24, 2.45) is 0 Å². The molecule has 0 aliphatic carbocycles. The van der Waals surface area contributed by atoms with Crippen LogP contribution < -0.4 is 15.4 Å². The van der Waals surface area contributed by atoms with Crippen molar-refractivity contribution >= 4 is 29.1 Å². The highest BCUT2D eigenvalue weighted by Crippen LogP contribution is 2.30. The molecule has 2 aromatic carbocycles. The van der Waals surface area contributed by atoms with Gasteiger partial charge in [0, 0.05) is 22.7 Å². The van der Waals surface area contributed by atoms with Crippen LogP contribution in [0.5, 0.6) is 5.75 Å². The van der Waals surface area contributed by atoms with Crippen molar-refractivity contribution in [3.63, 3.8) is 0 Å². The van der Waals surface area contributed by atoms with E-state index in [1.54, 1.807) is 6.92 Å². The fraction of sp³-hybridized carbons (Fsp3) is 0.200. The summed E-state index contributed by atoms with van der Waals surface area (Å²) < 4.78 is 55.8. The van der Waals surface area contributed by atoms with E-state index in [1.165, 1.54) is 42.5 Å². The summed E-state index contributed by atoms with van der Waals surface area (Å²) in [7, 11) is 0. The number of alkyl halides is 3. The Hall–Kier alpha value is -3.11. The SMILES string of the molecule is C[C@@H](CO)Nc1nc(Nc2cc(Cl)ccc2F)cc(-c2cccc(OC(F)(F)F)c2)n1. The van der Waals surface area contributed by atoms with Gasteiger partial charge in [-0.3, -0.25) is 0 Å². The van der Waals surface area contributed by atoms with E-state index in [-0.39, 0.29) is 29.8 Å². The smallest absolute Gasteiger partial charge is 0.406 e. The normalized spacial score (nSPS) is 12.4. The Morgan fingerprint density at radius 3 is 2.61 bits per heavy atom. The molecule has 0 fully saturated rings. The summed E-state index contributed by atoms with van der Waals surface area (Å²) in [5.41, 5.74) is 0.589. The molecule has 0 radical (unpaired) electrons. The summed E-state index contributed by atoms with van der Waals surface area (Å²) in [6, 6.07) is 10.2. The van der Waals surface area contributed by atoms with Gasteiger partial charge in [0.05, 0.1) is 18.0 Å². The molecule has 0 saturated heterocycles. The zero-order valence-electron chi connectivity index (χ0n) is 16.0. The predicted molar refractivity (Wildman–Crippen MR) is 109 cm³/mol. The van der Waals surface area contributed by atoms with Gasteiger partial charge in [-0.2, -0.15) is 4.98 Å². The van der Waals surface area contributed by atoms with Crippen molar-refractivity contribution in [3.05, 3.63) is 59.4 Å². The van der Waals surface area contributed by atoms with Gasteiger partial charge in [-0.05, 0) is 37.3 Å². The molecule has 164 valence electrons. The third-order valence-electron chi connectivity index (χ3n) is 3.93. The molecular weight excluding hydrogens is 440 g/mol. The van der Waals surface area contributed by atoms with E-state index in [4.69, 9.17) is 11.6 Å². The molecule has 0 amide bonds. The number of hydrogen-bond acceptors (Lipinski definition) is 6. The number of nitrogens with zero attached hydrogens (tertiary/aromatic N) is 2. The van der Waals surface area contributed by atoms with Crippen LogP contribution in [0, 0.1) is 5.82 Å². The molecular formula is C20H17ClF4N4O2. The number of ether oxygens (including phenoxy) is 1. The minimum atomic E-state index is -4.84. The summed E-state index contributed by atoms with van der Waals surface area (Å²) >= 11 is 5.91. The number of aliphatic hydroxyl groups excluding tert-OH is 1. The highest BCUT2D eigenvalue weighted by atomic mass is 35.5. The minimum absolute atomic E-state index is 0.0486. The van der Waals surface area contributed by atoms with E-state index < -0.39 is 24.0 Å². The number of anilines is 3. The van der Waals surface area contributed by atoms with Crippen molar-refractivity contribution in [2.75, 3.05) is 17.2 Å².